The maximum atomic E-state index is 10.9. The van der Waals surface area contributed by atoms with Crippen LogP contribution < -0.4 is 0 Å². The number of hydrogen-bond acceptors (Lipinski definition) is 2. The molecule has 0 aromatic carbocycles. The highest BCUT2D eigenvalue weighted by Crippen LogP contribution is 2.20. The molecule has 0 saturated heterocycles. The van der Waals surface area contributed by atoms with Gasteiger partial charge < -0.3 is 4.74 Å². The van der Waals surface area contributed by atoms with Gasteiger partial charge in [0, 0.05) is 6.92 Å². The maximum absolute atomic E-state index is 10.9. The summed E-state index contributed by atoms with van der Waals surface area (Å²) in [6, 6.07) is 0. The van der Waals surface area contributed by atoms with Gasteiger partial charge in [-0.05, 0) is 39.2 Å². The zero-order valence-electron chi connectivity index (χ0n) is 11.0. The van der Waals surface area contributed by atoms with E-state index in [4.69, 9.17) is 4.74 Å². The van der Waals surface area contributed by atoms with Crippen LogP contribution in [0.2, 0.25) is 0 Å². The third-order valence-corrected chi connectivity index (χ3v) is 2.59. The van der Waals surface area contributed by atoms with E-state index in [0.29, 0.717) is 0 Å². The van der Waals surface area contributed by atoms with Crippen LogP contribution in [-0.4, -0.2) is 11.6 Å². The Kier molecular flexibility index (Phi) is 6.78. The molecule has 1 atom stereocenters. The third kappa shape index (κ3) is 6.44. The van der Waals surface area contributed by atoms with Crippen LogP contribution in [0.3, 0.4) is 0 Å². The van der Waals surface area contributed by atoms with Gasteiger partial charge in [-0.15, -0.1) is 0 Å². The second kappa shape index (κ2) is 7.26. The first kappa shape index (κ1) is 14.9. The lowest BCUT2D eigenvalue weighted by Crippen LogP contribution is -2.27. The van der Waals surface area contributed by atoms with E-state index >= 15 is 0 Å². The Bertz CT molecular complexity index is 266. The predicted molar refractivity (Wildman–Crippen MR) is 68.3 cm³/mol. The van der Waals surface area contributed by atoms with Crippen LogP contribution >= 0.6 is 0 Å². The van der Waals surface area contributed by atoms with E-state index in [1.807, 2.05) is 6.92 Å². The second-order valence-electron chi connectivity index (χ2n) is 4.45. The maximum Gasteiger partial charge on any atom is 0.303 e. The first-order chi connectivity index (χ1) is 7.43. The zero-order chi connectivity index (χ0) is 12.6. The fourth-order valence-electron chi connectivity index (χ4n) is 1.62. The Morgan fingerprint density at radius 1 is 1.44 bits per heavy atom. The topological polar surface area (TPSA) is 26.3 Å². The normalized spacial score (nSPS) is 15.4. The van der Waals surface area contributed by atoms with Gasteiger partial charge in [0.15, 0.2) is 0 Å². The number of hydrogen-bond donors (Lipinski definition) is 0. The fraction of sp³-hybridized carbons (Fsp3) is 0.643. The van der Waals surface area contributed by atoms with Gasteiger partial charge in [-0.25, -0.2) is 0 Å². The number of rotatable bonds is 7. The summed E-state index contributed by atoms with van der Waals surface area (Å²) in [6.07, 6.45) is 7.94. The van der Waals surface area contributed by atoms with Crippen molar-refractivity contribution < 1.29 is 9.53 Å². The quantitative estimate of drug-likeness (QED) is 0.482. The van der Waals surface area contributed by atoms with E-state index in [9.17, 15) is 4.79 Å². The first-order valence-electron chi connectivity index (χ1n) is 5.92. The van der Waals surface area contributed by atoms with Crippen LogP contribution in [0.15, 0.2) is 24.3 Å². The van der Waals surface area contributed by atoms with Gasteiger partial charge in [0.05, 0.1) is 0 Å². The molecule has 0 radical (unpaired) electrons. The predicted octanol–water partition coefficient (Wildman–Crippen LogP) is 4.02. The van der Waals surface area contributed by atoms with E-state index in [-0.39, 0.29) is 5.97 Å². The molecule has 0 aromatic rings. The number of carbonyl (C=O) groups excluding carboxylic acids is 1. The molecule has 0 N–H and O–H groups in total. The van der Waals surface area contributed by atoms with Crippen LogP contribution in [0.25, 0.3) is 0 Å². The van der Waals surface area contributed by atoms with Crippen molar-refractivity contribution in [2.75, 3.05) is 0 Å². The molecule has 0 heterocycles. The van der Waals surface area contributed by atoms with Crippen LogP contribution in [0, 0.1) is 0 Å². The van der Waals surface area contributed by atoms with Gasteiger partial charge in [0.25, 0.3) is 0 Å². The second-order valence-corrected chi connectivity index (χ2v) is 4.45. The molecular weight excluding hydrogens is 200 g/mol. The van der Waals surface area contributed by atoms with Crippen molar-refractivity contribution in [3.63, 3.8) is 0 Å². The molecule has 0 saturated carbocycles. The van der Waals surface area contributed by atoms with Gasteiger partial charge in [-0.2, -0.15) is 0 Å². The molecule has 0 bridgehead atoms. The summed E-state index contributed by atoms with van der Waals surface area (Å²) in [4.78, 5) is 10.9. The number of carbonyl (C=O) groups is 1. The van der Waals surface area contributed by atoms with Crippen molar-refractivity contribution >= 4 is 5.97 Å². The van der Waals surface area contributed by atoms with Crippen molar-refractivity contribution in [3.05, 3.63) is 24.3 Å². The van der Waals surface area contributed by atoms with Crippen LogP contribution in [0.1, 0.15) is 53.4 Å². The molecule has 2 nitrogen and oxygen atoms in total. The lowest BCUT2D eigenvalue weighted by atomic mass is 9.98. The summed E-state index contributed by atoms with van der Waals surface area (Å²) in [5.41, 5.74) is 0.867. The molecule has 0 amide bonds. The van der Waals surface area contributed by atoms with Crippen molar-refractivity contribution in [1.82, 2.24) is 0 Å². The molecule has 2 heteroatoms. The number of allylic oxidation sites excluding steroid dienone is 2. The van der Waals surface area contributed by atoms with Crippen LogP contribution in [0.4, 0.5) is 0 Å². The van der Waals surface area contributed by atoms with Crippen molar-refractivity contribution in [2.45, 2.75) is 59.0 Å². The Morgan fingerprint density at radius 3 is 2.50 bits per heavy atom. The molecule has 16 heavy (non-hydrogen) atoms. The smallest absolute Gasteiger partial charge is 0.303 e. The van der Waals surface area contributed by atoms with Crippen LogP contribution in [-0.2, 0) is 9.53 Å². The summed E-state index contributed by atoms with van der Waals surface area (Å²) >= 11 is 0. The largest absolute Gasteiger partial charge is 0.455 e. The Morgan fingerprint density at radius 2 is 2.06 bits per heavy atom. The lowest BCUT2D eigenvalue weighted by Gasteiger charge is -2.24. The lowest BCUT2D eigenvalue weighted by molar-refractivity contribution is -0.151. The minimum Gasteiger partial charge on any atom is -0.455 e. The van der Waals surface area contributed by atoms with Crippen molar-refractivity contribution in [3.8, 4) is 0 Å². The fourth-order valence-corrected chi connectivity index (χ4v) is 1.62. The molecule has 1 unspecified atom stereocenters. The Hall–Kier alpha value is -1.05. The molecule has 0 spiro atoms. The minimum atomic E-state index is -0.533. The van der Waals surface area contributed by atoms with E-state index < -0.39 is 5.60 Å². The van der Waals surface area contributed by atoms with Gasteiger partial charge >= 0.3 is 5.97 Å². The van der Waals surface area contributed by atoms with Crippen molar-refractivity contribution in [1.29, 1.82) is 0 Å². The molecule has 0 fully saturated rings. The average molecular weight is 224 g/mol. The Balaban J connectivity index is 4.19. The molecule has 0 aliphatic rings. The van der Waals surface area contributed by atoms with Gasteiger partial charge in [0.2, 0.25) is 0 Å². The standard InChI is InChI=1S/C14H24O2/c1-6-9-12(3)10-8-11-14(5,7-2)16-13(4)15/h7,10H,2,6,8-9,11H2,1,3-5H3. The minimum absolute atomic E-state index is 0.253. The molecule has 0 aliphatic heterocycles. The van der Waals surface area contributed by atoms with E-state index in [2.05, 4.69) is 26.5 Å². The van der Waals surface area contributed by atoms with Gasteiger partial charge in [0.1, 0.15) is 5.60 Å². The molecule has 0 rings (SSSR count). The monoisotopic (exact) mass is 224 g/mol. The summed E-state index contributed by atoms with van der Waals surface area (Å²) in [6.45, 7) is 11.4. The number of esters is 1. The first-order valence-corrected chi connectivity index (χ1v) is 5.92. The van der Waals surface area contributed by atoms with E-state index in [0.717, 1.165) is 19.3 Å². The molecule has 0 aliphatic carbocycles. The molecule has 0 aromatic heterocycles. The van der Waals surface area contributed by atoms with E-state index in [1.54, 1.807) is 6.08 Å². The highest BCUT2D eigenvalue weighted by atomic mass is 16.6. The SMILES string of the molecule is C=CC(C)(CCC=C(C)CCC)OC(C)=O. The summed E-state index contributed by atoms with van der Waals surface area (Å²) in [5, 5.41) is 0. The number of ether oxygens (including phenoxy) is 1. The van der Waals surface area contributed by atoms with Crippen LogP contribution in [0.5, 0.6) is 0 Å². The zero-order valence-corrected chi connectivity index (χ0v) is 11.0. The van der Waals surface area contributed by atoms with Gasteiger partial charge in [-0.1, -0.05) is 31.6 Å². The highest BCUT2D eigenvalue weighted by Gasteiger charge is 2.22. The molecular formula is C14H24O2. The average Bonchev–Trinajstić information content (AvgIpc) is 2.17. The Labute approximate surface area is 99.4 Å². The van der Waals surface area contributed by atoms with Crippen molar-refractivity contribution in [2.24, 2.45) is 0 Å². The van der Waals surface area contributed by atoms with E-state index in [1.165, 1.54) is 18.9 Å². The summed E-state index contributed by atoms with van der Waals surface area (Å²) < 4.78 is 5.24. The third-order valence-electron chi connectivity index (χ3n) is 2.59. The van der Waals surface area contributed by atoms with Gasteiger partial charge in [-0.3, -0.25) is 4.79 Å². The summed E-state index contributed by atoms with van der Waals surface area (Å²) in [5.74, 6) is -0.253. The summed E-state index contributed by atoms with van der Waals surface area (Å²) in [7, 11) is 0. The highest BCUT2D eigenvalue weighted by molar-refractivity contribution is 5.66. The molecule has 92 valence electrons.